The standard InChI is InChI=1S/C15H21NOS/c1-16(9-5-2-6-10-17)11-13-12-18-15-8-4-3-7-14(13)15/h3-4,7-8,12,17H,2,5-6,9-11H2,1H3. The van der Waals surface area contributed by atoms with Crippen molar-refractivity contribution in [3.8, 4) is 0 Å². The van der Waals surface area contributed by atoms with Crippen LogP contribution < -0.4 is 0 Å². The lowest BCUT2D eigenvalue weighted by Gasteiger charge is -2.15. The molecule has 1 aromatic carbocycles. The average molecular weight is 263 g/mol. The van der Waals surface area contributed by atoms with Gasteiger partial charge in [0, 0.05) is 17.9 Å². The van der Waals surface area contributed by atoms with Crippen LogP contribution in [0.5, 0.6) is 0 Å². The molecule has 0 aliphatic heterocycles. The normalized spacial score (nSPS) is 11.5. The van der Waals surface area contributed by atoms with Crippen LogP contribution in [-0.4, -0.2) is 30.2 Å². The van der Waals surface area contributed by atoms with Crippen molar-refractivity contribution < 1.29 is 5.11 Å². The first-order valence-electron chi connectivity index (χ1n) is 6.56. The van der Waals surface area contributed by atoms with Crippen LogP contribution in [0.25, 0.3) is 10.1 Å². The molecular weight excluding hydrogens is 242 g/mol. The number of nitrogens with zero attached hydrogens (tertiary/aromatic N) is 1. The predicted octanol–water partition coefficient (Wildman–Crippen LogP) is 3.50. The smallest absolute Gasteiger partial charge is 0.0431 e. The number of hydrogen-bond donors (Lipinski definition) is 1. The Morgan fingerprint density at radius 1 is 1.17 bits per heavy atom. The molecule has 0 aliphatic rings. The largest absolute Gasteiger partial charge is 0.396 e. The lowest BCUT2D eigenvalue weighted by atomic mass is 10.1. The molecule has 18 heavy (non-hydrogen) atoms. The molecule has 0 amide bonds. The monoisotopic (exact) mass is 263 g/mol. The molecule has 0 radical (unpaired) electrons. The third kappa shape index (κ3) is 3.55. The van der Waals surface area contributed by atoms with Crippen molar-refractivity contribution in [3.63, 3.8) is 0 Å². The van der Waals surface area contributed by atoms with Crippen LogP contribution in [0.1, 0.15) is 24.8 Å². The van der Waals surface area contributed by atoms with Gasteiger partial charge in [-0.1, -0.05) is 18.2 Å². The van der Waals surface area contributed by atoms with Gasteiger partial charge < -0.3 is 10.0 Å². The van der Waals surface area contributed by atoms with Gasteiger partial charge in [-0.25, -0.2) is 0 Å². The fraction of sp³-hybridized carbons (Fsp3) is 0.467. The first-order valence-corrected chi connectivity index (χ1v) is 7.43. The van der Waals surface area contributed by atoms with Gasteiger partial charge in [0.25, 0.3) is 0 Å². The quantitative estimate of drug-likeness (QED) is 0.773. The molecule has 0 saturated carbocycles. The number of unbranched alkanes of at least 4 members (excludes halogenated alkanes) is 2. The third-order valence-electron chi connectivity index (χ3n) is 3.20. The molecule has 0 atom stereocenters. The molecule has 0 fully saturated rings. The lowest BCUT2D eigenvalue weighted by Crippen LogP contribution is -2.18. The van der Waals surface area contributed by atoms with Crippen molar-refractivity contribution in [2.45, 2.75) is 25.8 Å². The summed E-state index contributed by atoms with van der Waals surface area (Å²) in [6.45, 7) is 2.44. The number of aliphatic hydroxyl groups excluding tert-OH is 1. The second-order valence-electron chi connectivity index (χ2n) is 4.78. The second-order valence-corrected chi connectivity index (χ2v) is 5.69. The molecule has 98 valence electrons. The van der Waals surface area contributed by atoms with Crippen molar-refractivity contribution in [1.82, 2.24) is 4.90 Å². The summed E-state index contributed by atoms with van der Waals surface area (Å²) in [5.41, 5.74) is 1.43. The van der Waals surface area contributed by atoms with Crippen molar-refractivity contribution in [2.75, 3.05) is 20.2 Å². The van der Waals surface area contributed by atoms with E-state index in [0.29, 0.717) is 6.61 Å². The Labute approximate surface area is 113 Å². The van der Waals surface area contributed by atoms with Gasteiger partial charge in [-0.3, -0.25) is 0 Å². The van der Waals surface area contributed by atoms with Crippen LogP contribution in [0.15, 0.2) is 29.6 Å². The van der Waals surface area contributed by atoms with Crippen LogP contribution in [-0.2, 0) is 6.54 Å². The van der Waals surface area contributed by atoms with Crippen LogP contribution >= 0.6 is 11.3 Å². The number of fused-ring (bicyclic) bond motifs is 1. The molecule has 1 aromatic heterocycles. The molecule has 2 rings (SSSR count). The van der Waals surface area contributed by atoms with Gasteiger partial charge >= 0.3 is 0 Å². The van der Waals surface area contributed by atoms with Gasteiger partial charge in [0.15, 0.2) is 0 Å². The second kappa shape index (κ2) is 6.88. The summed E-state index contributed by atoms with van der Waals surface area (Å²) in [6, 6.07) is 8.60. The van der Waals surface area contributed by atoms with Crippen molar-refractivity contribution in [1.29, 1.82) is 0 Å². The van der Waals surface area contributed by atoms with E-state index in [1.807, 2.05) is 11.3 Å². The summed E-state index contributed by atoms with van der Waals surface area (Å²) in [5, 5.41) is 12.4. The topological polar surface area (TPSA) is 23.5 Å². The van der Waals surface area contributed by atoms with E-state index in [9.17, 15) is 0 Å². The molecule has 2 aromatic rings. The van der Waals surface area contributed by atoms with E-state index in [-0.39, 0.29) is 0 Å². The number of benzene rings is 1. The fourth-order valence-electron chi connectivity index (χ4n) is 2.20. The predicted molar refractivity (Wildman–Crippen MR) is 79.1 cm³/mol. The summed E-state index contributed by atoms with van der Waals surface area (Å²) in [4.78, 5) is 2.37. The zero-order valence-electron chi connectivity index (χ0n) is 10.9. The summed E-state index contributed by atoms with van der Waals surface area (Å²) in [5.74, 6) is 0. The summed E-state index contributed by atoms with van der Waals surface area (Å²) >= 11 is 1.83. The number of rotatable bonds is 7. The van der Waals surface area contributed by atoms with Gasteiger partial charge in [0.1, 0.15) is 0 Å². The Morgan fingerprint density at radius 3 is 2.83 bits per heavy atom. The van der Waals surface area contributed by atoms with E-state index in [2.05, 4.69) is 41.6 Å². The summed E-state index contributed by atoms with van der Waals surface area (Å²) in [6.07, 6.45) is 3.21. The van der Waals surface area contributed by atoms with Crippen molar-refractivity contribution in [3.05, 3.63) is 35.2 Å². The Balaban J connectivity index is 1.88. The minimum atomic E-state index is 0.318. The van der Waals surface area contributed by atoms with Crippen molar-refractivity contribution in [2.24, 2.45) is 0 Å². The molecule has 0 unspecified atom stereocenters. The molecular formula is C15H21NOS. The SMILES string of the molecule is CN(CCCCCO)Cc1csc2ccccc12. The first-order chi connectivity index (χ1) is 8.81. The Hall–Kier alpha value is -0.900. The summed E-state index contributed by atoms with van der Waals surface area (Å²) in [7, 11) is 2.17. The molecule has 1 heterocycles. The van der Waals surface area contributed by atoms with Gasteiger partial charge in [0.05, 0.1) is 0 Å². The highest BCUT2D eigenvalue weighted by atomic mass is 32.1. The first kappa shape index (κ1) is 13.5. The number of hydrogen-bond acceptors (Lipinski definition) is 3. The van der Waals surface area contributed by atoms with Crippen LogP contribution in [0.4, 0.5) is 0 Å². The third-order valence-corrected chi connectivity index (χ3v) is 4.21. The molecule has 3 heteroatoms. The van der Waals surface area contributed by atoms with E-state index < -0.39 is 0 Å². The minimum Gasteiger partial charge on any atom is -0.396 e. The summed E-state index contributed by atoms with van der Waals surface area (Å²) < 4.78 is 1.38. The number of thiophene rings is 1. The maximum Gasteiger partial charge on any atom is 0.0431 e. The van der Waals surface area contributed by atoms with E-state index >= 15 is 0 Å². The van der Waals surface area contributed by atoms with Crippen LogP contribution in [0, 0.1) is 0 Å². The molecule has 0 saturated heterocycles. The van der Waals surface area contributed by atoms with Crippen LogP contribution in [0.2, 0.25) is 0 Å². The Morgan fingerprint density at radius 2 is 2.00 bits per heavy atom. The lowest BCUT2D eigenvalue weighted by molar-refractivity contribution is 0.271. The fourth-order valence-corrected chi connectivity index (χ4v) is 3.15. The molecule has 1 N–H and O–H groups in total. The Bertz CT molecular complexity index is 480. The van der Waals surface area contributed by atoms with Gasteiger partial charge in [-0.05, 0) is 55.3 Å². The molecule has 2 nitrogen and oxygen atoms in total. The van der Waals surface area contributed by atoms with Crippen LogP contribution in [0.3, 0.4) is 0 Å². The van der Waals surface area contributed by atoms with Gasteiger partial charge in [-0.2, -0.15) is 0 Å². The van der Waals surface area contributed by atoms with Crippen molar-refractivity contribution >= 4 is 21.4 Å². The van der Waals surface area contributed by atoms with E-state index in [0.717, 1.165) is 25.9 Å². The highest BCUT2D eigenvalue weighted by molar-refractivity contribution is 7.17. The average Bonchev–Trinajstić information content (AvgIpc) is 2.78. The molecule has 0 bridgehead atoms. The molecule has 0 spiro atoms. The highest BCUT2D eigenvalue weighted by Crippen LogP contribution is 2.26. The maximum atomic E-state index is 8.75. The van der Waals surface area contributed by atoms with Gasteiger partial charge in [-0.15, -0.1) is 11.3 Å². The molecule has 0 aliphatic carbocycles. The Kier molecular flexibility index (Phi) is 5.17. The van der Waals surface area contributed by atoms with Gasteiger partial charge in [0.2, 0.25) is 0 Å². The zero-order valence-corrected chi connectivity index (χ0v) is 11.7. The van der Waals surface area contributed by atoms with E-state index in [1.54, 1.807) is 0 Å². The minimum absolute atomic E-state index is 0.318. The van der Waals surface area contributed by atoms with E-state index in [1.165, 1.54) is 22.1 Å². The highest BCUT2D eigenvalue weighted by Gasteiger charge is 2.06. The maximum absolute atomic E-state index is 8.75. The number of aliphatic hydroxyl groups is 1. The van der Waals surface area contributed by atoms with E-state index in [4.69, 9.17) is 5.11 Å². The zero-order chi connectivity index (χ0) is 12.8.